The summed E-state index contributed by atoms with van der Waals surface area (Å²) < 4.78 is 5.54. The van der Waals surface area contributed by atoms with Gasteiger partial charge in [-0.15, -0.1) is 0 Å². The van der Waals surface area contributed by atoms with E-state index in [0.717, 1.165) is 5.56 Å². The van der Waals surface area contributed by atoms with Gasteiger partial charge in [0, 0.05) is 11.6 Å². The number of hydrogen-bond donors (Lipinski definition) is 0. The Kier molecular flexibility index (Phi) is 5.57. The fourth-order valence-electron chi connectivity index (χ4n) is 3.67. The van der Waals surface area contributed by atoms with Crippen molar-refractivity contribution in [3.05, 3.63) is 111 Å². The molecule has 0 radical (unpaired) electrons. The molecule has 0 saturated heterocycles. The van der Waals surface area contributed by atoms with Crippen molar-refractivity contribution < 1.29 is 19.2 Å². The summed E-state index contributed by atoms with van der Waals surface area (Å²) >= 11 is 0. The van der Waals surface area contributed by atoms with Gasteiger partial charge in [0.2, 0.25) is 0 Å². The van der Waals surface area contributed by atoms with E-state index < -0.39 is 17.1 Å². The molecule has 1 heterocycles. The maximum absolute atomic E-state index is 13.3. The van der Waals surface area contributed by atoms with Crippen LogP contribution in [-0.2, 0) is 16.1 Å². The average Bonchev–Trinajstić information content (AvgIpc) is 2.81. The molecule has 7 heteroatoms. The second-order valence-corrected chi connectivity index (χ2v) is 6.95. The van der Waals surface area contributed by atoms with Crippen LogP contribution in [0.25, 0.3) is 6.08 Å². The summed E-state index contributed by atoms with van der Waals surface area (Å²) in [5.74, 6) is 0. The summed E-state index contributed by atoms with van der Waals surface area (Å²) in [4.78, 5) is 37.7. The average molecular weight is 414 g/mol. The van der Waals surface area contributed by atoms with Gasteiger partial charge in [-0.2, -0.15) is 0 Å². The van der Waals surface area contributed by atoms with Crippen LogP contribution >= 0.6 is 0 Å². The van der Waals surface area contributed by atoms with Crippen LogP contribution in [0.2, 0.25) is 0 Å². The van der Waals surface area contributed by atoms with E-state index in [4.69, 9.17) is 4.74 Å². The molecule has 0 saturated carbocycles. The molecule has 1 amide bonds. The van der Waals surface area contributed by atoms with Crippen molar-refractivity contribution in [1.82, 2.24) is 0 Å². The molecule has 0 unspecified atom stereocenters. The van der Waals surface area contributed by atoms with Gasteiger partial charge in [0.05, 0.1) is 16.2 Å². The Labute approximate surface area is 178 Å². The second kappa shape index (κ2) is 8.62. The van der Waals surface area contributed by atoms with Gasteiger partial charge in [-0.05, 0) is 29.3 Å². The predicted molar refractivity (Wildman–Crippen MR) is 115 cm³/mol. The molecule has 3 aromatic carbocycles. The van der Waals surface area contributed by atoms with E-state index >= 15 is 0 Å². The van der Waals surface area contributed by atoms with Crippen molar-refractivity contribution in [2.45, 2.75) is 12.6 Å². The van der Waals surface area contributed by atoms with E-state index in [-0.39, 0.29) is 23.4 Å². The lowest BCUT2D eigenvalue weighted by atomic mass is 9.90. The van der Waals surface area contributed by atoms with Crippen LogP contribution in [0.15, 0.2) is 84.4 Å². The van der Waals surface area contributed by atoms with Gasteiger partial charge < -0.3 is 4.74 Å². The molecule has 1 atom stereocenters. The third kappa shape index (κ3) is 3.93. The number of fused-ring (bicyclic) bond motifs is 1. The number of nitro groups is 1. The second-order valence-electron chi connectivity index (χ2n) is 6.95. The molecule has 0 N–H and O–H groups in total. The minimum atomic E-state index is -0.989. The summed E-state index contributed by atoms with van der Waals surface area (Å²) in [7, 11) is 0. The standard InChI is InChI=1S/C24H18N2O5/c27-15-19-14-18-10-4-6-12-21(18)25(24(28)31-16-17-8-2-1-3-9-17)23(19)20-11-5-7-13-22(20)26(29)30/h1-15,23H,16H2/t23-/m0/s1. The summed E-state index contributed by atoms with van der Waals surface area (Å²) in [5.41, 5.74) is 2.24. The fraction of sp³-hybridized carbons (Fsp3) is 0.0833. The van der Waals surface area contributed by atoms with E-state index in [1.54, 1.807) is 48.5 Å². The van der Waals surface area contributed by atoms with E-state index in [2.05, 4.69) is 0 Å². The van der Waals surface area contributed by atoms with Crippen molar-refractivity contribution in [2.75, 3.05) is 4.90 Å². The summed E-state index contributed by atoms with van der Waals surface area (Å²) in [6, 6.07) is 21.3. The number of benzene rings is 3. The molecule has 0 bridgehead atoms. The molecule has 4 rings (SSSR count). The van der Waals surface area contributed by atoms with Crippen molar-refractivity contribution in [1.29, 1.82) is 0 Å². The highest BCUT2D eigenvalue weighted by atomic mass is 16.6. The van der Waals surface area contributed by atoms with Crippen LogP contribution in [0.5, 0.6) is 0 Å². The number of anilines is 1. The smallest absolute Gasteiger partial charge is 0.415 e. The van der Waals surface area contributed by atoms with Crippen molar-refractivity contribution in [3.8, 4) is 0 Å². The zero-order valence-electron chi connectivity index (χ0n) is 16.4. The van der Waals surface area contributed by atoms with Gasteiger partial charge in [0.25, 0.3) is 5.69 Å². The monoisotopic (exact) mass is 414 g/mol. The van der Waals surface area contributed by atoms with Gasteiger partial charge in [0.15, 0.2) is 0 Å². The lowest BCUT2D eigenvalue weighted by Crippen LogP contribution is -2.39. The van der Waals surface area contributed by atoms with Crippen LogP contribution in [0.1, 0.15) is 22.7 Å². The first kappa shape index (κ1) is 20.0. The first-order valence-corrected chi connectivity index (χ1v) is 9.59. The first-order valence-electron chi connectivity index (χ1n) is 9.59. The van der Waals surface area contributed by atoms with Gasteiger partial charge in [-0.25, -0.2) is 4.79 Å². The van der Waals surface area contributed by atoms with Crippen LogP contribution < -0.4 is 4.90 Å². The number of hydrogen-bond acceptors (Lipinski definition) is 5. The molecule has 1 aliphatic heterocycles. The number of ether oxygens (including phenoxy) is 1. The molecule has 0 aromatic heterocycles. The Balaban J connectivity index is 1.80. The van der Waals surface area contributed by atoms with Gasteiger partial charge >= 0.3 is 6.09 Å². The molecular weight excluding hydrogens is 396 g/mol. The van der Waals surface area contributed by atoms with Crippen LogP contribution in [0.4, 0.5) is 16.2 Å². The lowest BCUT2D eigenvalue weighted by molar-refractivity contribution is -0.385. The topological polar surface area (TPSA) is 89.8 Å². The zero-order chi connectivity index (χ0) is 21.8. The predicted octanol–water partition coefficient (Wildman–Crippen LogP) is 5.08. The third-order valence-corrected chi connectivity index (χ3v) is 5.06. The van der Waals surface area contributed by atoms with Crippen LogP contribution in [-0.4, -0.2) is 17.3 Å². The van der Waals surface area contributed by atoms with Gasteiger partial charge in [0.1, 0.15) is 18.9 Å². The quantitative estimate of drug-likeness (QED) is 0.330. The van der Waals surface area contributed by atoms with Gasteiger partial charge in [-0.1, -0.05) is 60.7 Å². The zero-order valence-corrected chi connectivity index (χ0v) is 16.4. The first-order chi connectivity index (χ1) is 15.1. The van der Waals surface area contributed by atoms with E-state index in [9.17, 15) is 19.7 Å². The lowest BCUT2D eigenvalue weighted by Gasteiger charge is -2.35. The highest BCUT2D eigenvalue weighted by Gasteiger charge is 2.38. The highest BCUT2D eigenvalue weighted by Crippen LogP contribution is 2.43. The number of aldehydes is 1. The molecule has 154 valence electrons. The number of para-hydroxylation sites is 2. The SMILES string of the molecule is O=CC1=Cc2ccccc2N(C(=O)OCc2ccccc2)[C@@H]1c1ccccc1[N+](=O)[O-]. The Morgan fingerprint density at radius 1 is 1.00 bits per heavy atom. The fourth-order valence-corrected chi connectivity index (χ4v) is 3.67. The van der Waals surface area contributed by atoms with E-state index in [0.29, 0.717) is 17.5 Å². The normalized spacial score (nSPS) is 14.9. The Hall–Kier alpha value is -4.26. The molecule has 3 aromatic rings. The number of amides is 1. The third-order valence-electron chi connectivity index (χ3n) is 5.06. The van der Waals surface area contributed by atoms with Crippen molar-refractivity contribution in [2.24, 2.45) is 0 Å². The number of rotatable bonds is 5. The molecular formula is C24H18N2O5. The summed E-state index contributed by atoms with van der Waals surface area (Å²) in [5, 5.41) is 11.7. The van der Waals surface area contributed by atoms with Crippen LogP contribution in [0, 0.1) is 10.1 Å². The molecule has 31 heavy (non-hydrogen) atoms. The minimum Gasteiger partial charge on any atom is -0.444 e. The maximum Gasteiger partial charge on any atom is 0.415 e. The Bertz CT molecular complexity index is 1170. The minimum absolute atomic E-state index is 0.0298. The van der Waals surface area contributed by atoms with Crippen molar-refractivity contribution in [3.63, 3.8) is 0 Å². The number of carbonyl (C=O) groups is 2. The molecule has 0 fully saturated rings. The largest absolute Gasteiger partial charge is 0.444 e. The molecule has 0 spiro atoms. The number of carbonyl (C=O) groups excluding carboxylic acids is 2. The number of nitrogens with zero attached hydrogens (tertiary/aromatic N) is 2. The van der Waals surface area contributed by atoms with Gasteiger partial charge in [-0.3, -0.25) is 19.8 Å². The Morgan fingerprint density at radius 3 is 2.42 bits per heavy atom. The van der Waals surface area contributed by atoms with E-state index in [1.165, 1.54) is 11.0 Å². The summed E-state index contributed by atoms with van der Waals surface area (Å²) in [6.45, 7) is 0.0298. The van der Waals surface area contributed by atoms with Crippen LogP contribution in [0.3, 0.4) is 0 Å². The molecule has 1 aliphatic rings. The molecule has 7 nitrogen and oxygen atoms in total. The maximum atomic E-state index is 13.3. The molecule has 0 aliphatic carbocycles. The Morgan fingerprint density at radius 2 is 1.68 bits per heavy atom. The highest BCUT2D eigenvalue weighted by molar-refractivity contribution is 6.00. The number of nitro benzene ring substituents is 1. The summed E-state index contributed by atoms with van der Waals surface area (Å²) in [6.07, 6.45) is 1.56. The van der Waals surface area contributed by atoms with Crippen molar-refractivity contribution >= 4 is 29.8 Å². The van der Waals surface area contributed by atoms with E-state index in [1.807, 2.05) is 30.3 Å².